The van der Waals surface area contributed by atoms with Crippen molar-refractivity contribution < 1.29 is 9.31 Å². The van der Waals surface area contributed by atoms with E-state index in [0.717, 1.165) is 28.1 Å². The molecule has 0 bridgehead atoms. The molecule has 0 spiro atoms. The van der Waals surface area contributed by atoms with E-state index in [4.69, 9.17) is 15.0 Å². The van der Waals surface area contributed by atoms with Gasteiger partial charge in [0.2, 0.25) is 0 Å². The van der Waals surface area contributed by atoms with Crippen LogP contribution in [0.4, 0.5) is 5.82 Å². The summed E-state index contributed by atoms with van der Waals surface area (Å²) >= 11 is 0. The van der Waals surface area contributed by atoms with Gasteiger partial charge in [0.25, 0.3) is 0 Å². The highest BCUT2D eigenvalue weighted by Gasteiger charge is 2.51. The minimum atomic E-state index is -0.366. The van der Waals surface area contributed by atoms with Gasteiger partial charge < -0.3 is 15.0 Å². The number of aryl methyl sites for hydroxylation is 1. The molecule has 3 heterocycles. The molecule has 0 aliphatic carbocycles. The van der Waals surface area contributed by atoms with Gasteiger partial charge >= 0.3 is 7.12 Å². The van der Waals surface area contributed by atoms with Gasteiger partial charge in [-0.1, -0.05) is 24.3 Å². The lowest BCUT2D eigenvalue weighted by Gasteiger charge is -2.32. The monoisotopic (exact) mass is 350 g/mol. The van der Waals surface area contributed by atoms with E-state index in [1.807, 2.05) is 43.3 Å². The van der Waals surface area contributed by atoms with Crippen LogP contribution in [0.15, 0.2) is 36.4 Å². The Morgan fingerprint density at radius 3 is 2.23 bits per heavy atom. The second-order valence-corrected chi connectivity index (χ2v) is 7.83. The molecular formula is C19H23BN4O2. The number of anilines is 1. The third-order valence-electron chi connectivity index (χ3n) is 5.31. The van der Waals surface area contributed by atoms with E-state index in [9.17, 15) is 0 Å². The molecule has 6 nitrogen and oxygen atoms in total. The van der Waals surface area contributed by atoms with Gasteiger partial charge in [-0.3, -0.25) is 0 Å². The average Bonchev–Trinajstić information content (AvgIpc) is 3.06. The first-order valence-electron chi connectivity index (χ1n) is 8.75. The molecule has 2 aromatic heterocycles. The van der Waals surface area contributed by atoms with Crippen molar-refractivity contribution in [1.82, 2.24) is 14.6 Å². The zero-order valence-corrected chi connectivity index (χ0v) is 15.8. The van der Waals surface area contributed by atoms with Gasteiger partial charge in [0.1, 0.15) is 5.82 Å². The van der Waals surface area contributed by atoms with E-state index in [1.165, 1.54) is 0 Å². The first-order chi connectivity index (χ1) is 12.2. The summed E-state index contributed by atoms with van der Waals surface area (Å²) in [6.45, 7) is 10.1. The molecule has 0 amide bonds. The Bertz CT molecular complexity index is 963. The summed E-state index contributed by atoms with van der Waals surface area (Å²) in [5.74, 6) is 0.576. The van der Waals surface area contributed by atoms with Crippen LogP contribution in [0, 0.1) is 6.92 Å². The van der Waals surface area contributed by atoms with E-state index in [-0.39, 0.29) is 18.3 Å². The molecule has 4 rings (SSSR count). The van der Waals surface area contributed by atoms with Crippen molar-refractivity contribution in [3.63, 3.8) is 0 Å². The fourth-order valence-corrected chi connectivity index (χ4v) is 3.06. The molecule has 1 aliphatic rings. The Morgan fingerprint density at radius 2 is 1.62 bits per heavy atom. The van der Waals surface area contributed by atoms with E-state index in [1.54, 1.807) is 4.52 Å². The lowest BCUT2D eigenvalue weighted by atomic mass is 9.79. The van der Waals surface area contributed by atoms with E-state index < -0.39 is 0 Å². The van der Waals surface area contributed by atoms with Gasteiger partial charge in [0, 0.05) is 23.4 Å². The number of fused-ring (bicyclic) bond motifs is 1. The van der Waals surface area contributed by atoms with Crippen molar-refractivity contribution in [2.24, 2.45) is 0 Å². The smallest absolute Gasteiger partial charge is 0.399 e. The van der Waals surface area contributed by atoms with Crippen molar-refractivity contribution in [3.8, 4) is 11.3 Å². The first-order valence-corrected chi connectivity index (χ1v) is 8.75. The second-order valence-electron chi connectivity index (χ2n) is 7.83. The molecular weight excluding hydrogens is 327 g/mol. The van der Waals surface area contributed by atoms with Crippen molar-refractivity contribution in [2.45, 2.75) is 45.8 Å². The molecule has 0 unspecified atom stereocenters. The molecule has 3 aromatic rings. The van der Waals surface area contributed by atoms with Gasteiger partial charge in [-0.05, 0) is 40.1 Å². The third-order valence-corrected chi connectivity index (χ3v) is 5.31. The number of benzene rings is 1. The third kappa shape index (κ3) is 2.68. The summed E-state index contributed by atoms with van der Waals surface area (Å²) in [5, 5.41) is 4.56. The maximum atomic E-state index is 6.10. The lowest BCUT2D eigenvalue weighted by Crippen LogP contribution is -2.41. The Balaban J connectivity index is 1.64. The summed E-state index contributed by atoms with van der Waals surface area (Å²) in [4.78, 5) is 4.48. The van der Waals surface area contributed by atoms with Crippen molar-refractivity contribution in [3.05, 3.63) is 42.1 Å². The summed E-state index contributed by atoms with van der Waals surface area (Å²) in [5.41, 5.74) is 9.77. The molecule has 0 radical (unpaired) electrons. The molecule has 0 atom stereocenters. The van der Waals surface area contributed by atoms with Crippen molar-refractivity contribution in [1.29, 1.82) is 0 Å². The zero-order valence-electron chi connectivity index (χ0n) is 15.8. The van der Waals surface area contributed by atoms with Gasteiger partial charge in [-0.15, -0.1) is 0 Å². The van der Waals surface area contributed by atoms with Crippen LogP contribution in [0.1, 0.15) is 33.4 Å². The summed E-state index contributed by atoms with van der Waals surface area (Å²) < 4.78 is 13.9. The molecule has 7 heteroatoms. The largest absolute Gasteiger partial charge is 0.494 e. The Morgan fingerprint density at radius 1 is 1.00 bits per heavy atom. The lowest BCUT2D eigenvalue weighted by molar-refractivity contribution is 0.00578. The Labute approximate surface area is 153 Å². The SMILES string of the molecule is Cc1cc(N)n2nc(-c3ccc(B4OC(C)(C)C(C)(C)O4)cc3)cc2n1. The topological polar surface area (TPSA) is 74.7 Å². The number of nitrogen functional groups attached to an aromatic ring is 1. The fraction of sp³-hybridized carbons (Fsp3) is 0.368. The molecule has 1 fully saturated rings. The van der Waals surface area contributed by atoms with Crippen molar-refractivity contribution >= 4 is 24.0 Å². The van der Waals surface area contributed by atoms with Crippen LogP contribution < -0.4 is 11.2 Å². The quantitative estimate of drug-likeness (QED) is 0.719. The van der Waals surface area contributed by atoms with Crippen LogP contribution >= 0.6 is 0 Å². The molecule has 26 heavy (non-hydrogen) atoms. The minimum absolute atomic E-state index is 0.348. The highest BCUT2D eigenvalue weighted by atomic mass is 16.7. The van der Waals surface area contributed by atoms with Crippen molar-refractivity contribution in [2.75, 3.05) is 5.73 Å². The molecule has 1 aliphatic heterocycles. The maximum Gasteiger partial charge on any atom is 0.494 e. The summed E-state index contributed by atoms with van der Waals surface area (Å²) in [7, 11) is -0.366. The van der Waals surface area contributed by atoms with Crippen LogP contribution in [-0.2, 0) is 9.31 Å². The Kier molecular flexibility index (Phi) is 3.65. The van der Waals surface area contributed by atoms with Gasteiger partial charge in [0.15, 0.2) is 5.65 Å². The number of nitrogens with two attached hydrogens (primary N) is 1. The first kappa shape index (κ1) is 17.1. The number of rotatable bonds is 2. The van der Waals surface area contributed by atoms with Crippen LogP contribution in [0.2, 0.25) is 0 Å². The van der Waals surface area contributed by atoms with Crippen LogP contribution in [-0.4, -0.2) is 32.9 Å². The molecule has 134 valence electrons. The van der Waals surface area contributed by atoms with Crippen LogP contribution in [0.25, 0.3) is 16.9 Å². The van der Waals surface area contributed by atoms with Gasteiger partial charge in [0.05, 0.1) is 16.9 Å². The highest BCUT2D eigenvalue weighted by molar-refractivity contribution is 6.62. The summed E-state index contributed by atoms with van der Waals surface area (Å²) in [6, 6.07) is 11.8. The minimum Gasteiger partial charge on any atom is -0.399 e. The predicted molar refractivity (Wildman–Crippen MR) is 103 cm³/mol. The molecule has 0 saturated carbocycles. The summed E-state index contributed by atoms with van der Waals surface area (Å²) in [6.07, 6.45) is 0. The van der Waals surface area contributed by atoms with E-state index in [2.05, 4.69) is 37.8 Å². The average molecular weight is 350 g/mol. The van der Waals surface area contributed by atoms with Crippen LogP contribution in [0.5, 0.6) is 0 Å². The number of hydrogen-bond donors (Lipinski definition) is 1. The van der Waals surface area contributed by atoms with E-state index >= 15 is 0 Å². The van der Waals surface area contributed by atoms with Gasteiger partial charge in [-0.2, -0.15) is 9.61 Å². The zero-order chi connectivity index (χ0) is 18.7. The van der Waals surface area contributed by atoms with E-state index in [0.29, 0.717) is 5.82 Å². The molecule has 1 aromatic carbocycles. The number of aromatic nitrogens is 3. The molecule has 2 N–H and O–H groups in total. The number of nitrogens with zero attached hydrogens (tertiary/aromatic N) is 3. The predicted octanol–water partition coefficient (Wildman–Crippen LogP) is 2.59. The number of hydrogen-bond acceptors (Lipinski definition) is 5. The Hall–Kier alpha value is -2.38. The maximum absolute atomic E-state index is 6.10. The van der Waals surface area contributed by atoms with Crippen LogP contribution in [0.3, 0.4) is 0 Å². The standard InChI is InChI=1S/C19H23BN4O2/c1-12-10-16(21)24-17(22-12)11-15(23-24)13-6-8-14(9-7-13)20-25-18(2,3)19(4,5)26-20/h6-11H,21H2,1-5H3. The molecule has 1 saturated heterocycles. The fourth-order valence-electron chi connectivity index (χ4n) is 3.06. The van der Waals surface area contributed by atoms with Gasteiger partial charge in [-0.25, -0.2) is 4.98 Å². The normalized spacial score (nSPS) is 18.6. The second kappa shape index (κ2) is 5.56. The highest BCUT2D eigenvalue weighted by Crippen LogP contribution is 2.36.